The van der Waals surface area contributed by atoms with Gasteiger partial charge in [-0.1, -0.05) is 0 Å². The van der Waals surface area contributed by atoms with Gasteiger partial charge in [-0.15, -0.1) is 0 Å². The summed E-state index contributed by atoms with van der Waals surface area (Å²) in [6.07, 6.45) is 2.36. The number of anilines is 4. The van der Waals surface area contributed by atoms with Gasteiger partial charge in [0, 0.05) is 36.2 Å². The van der Waals surface area contributed by atoms with E-state index in [-0.39, 0.29) is 4.90 Å². The highest BCUT2D eigenvalue weighted by molar-refractivity contribution is 7.92. The van der Waals surface area contributed by atoms with Gasteiger partial charge in [-0.05, 0) is 74.7 Å². The third-order valence-corrected chi connectivity index (χ3v) is 6.72. The number of ether oxygens (including phenoxy) is 1. The van der Waals surface area contributed by atoms with Crippen LogP contribution in [0.5, 0.6) is 5.75 Å². The second kappa shape index (κ2) is 9.04. The minimum atomic E-state index is -3.71. The molecule has 0 amide bonds. The highest BCUT2D eigenvalue weighted by atomic mass is 32.2. The summed E-state index contributed by atoms with van der Waals surface area (Å²) in [5.74, 6) is 2.09. The molecule has 1 fully saturated rings. The van der Waals surface area contributed by atoms with E-state index in [1.807, 2.05) is 13.0 Å². The summed E-state index contributed by atoms with van der Waals surface area (Å²) >= 11 is 0. The third-order valence-electron chi connectivity index (χ3n) is 5.34. The van der Waals surface area contributed by atoms with Crippen molar-refractivity contribution in [3.63, 3.8) is 0 Å². The van der Waals surface area contributed by atoms with Gasteiger partial charge in [-0.25, -0.2) is 13.4 Å². The van der Waals surface area contributed by atoms with Crippen LogP contribution in [-0.2, 0) is 10.0 Å². The lowest BCUT2D eigenvalue weighted by molar-refractivity contribution is 0.411. The molecule has 8 nitrogen and oxygen atoms in total. The van der Waals surface area contributed by atoms with Gasteiger partial charge in [0.05, 0.1) is 12.0 Å². The first kappa shape index (κ1) is 21.9. The molecule has 9 heteroatoms. The van der Waals surface area contributed by atoms with Crippen LogP contribution in [0.1, 0.15) is 24.1 Å². The fourth-order valence-electron chi connectivity index (χ4n) is 3.70. The Morgan fingerprint density at radius 2 is 1.62 bits per heavy atom. The first-order valence-corrected chi connectivity index (χ1v) is 12.0. The second-order valence-electron chi connectivity index (χ2n) is 7.82. The zero-order valence-electron chi connectivity index (χ0n) is 18.4. The van der Waals surface area contributed by atoms with E-state index >= 15 is 0 Å². The molecule has 2 heterocycles. The van der Waals surface area contributed by atoms with Crippen molar-refractivity contribution >= 4 is 33.2 Å². The van der Waals surface area contributed by atoms with E-state index in [9.17, 15) is 8.42 Å². The number of nitrogens with one attached hydrogen (secondary N) is 2. The van der Waals surface area contributed by atoms with Crippen molar-refractivity contribution in [3.05, 3.63) is 59.8 Å². The molecular weight excluding hydrogens is 426 g/mol. The molecule has 1 aliphatic rings. The van der Waals surface area contributed by atoms with E-state index in [1.165, 1.54) is 18.9 Å². The molecule has 0 radical (unpaired) electrons. The number of aromatic nitrogens is 2. The van der Waals surface area contributed by atoms with Crippen molar-refractivity contribution in [2.24, 2.45) is 0 Å². The zero-order valence-corrected chi connectivity index (χ0v) is 19.2. The van der Waals surface area contributed by atoms with Crippen LogP contribution in [0, 0.1) is 13.8 Å². The number of aryl methyl sites for hydroxylation is 2. The van der Waals surface area contributed by atoms with Crippen LogP contribution in [0.2, 0.25) is 0 Å². The molecule has 0 bridgehead atoms. The molecule has 0 saturated carbocycles. The summed E-state index contributed by atoms with van der Waals surface area (Å²) in [5, 5.41) is 3.21. The molecule has 1 saturated heterocycles. The fourth-order valence-corrected chi connectivity index (χ4v) is 4.84. The summed E-state index contributed by atoms with van der Waals surface area (Å²) in [5.41, 5.74) is 2.88. The van der Waals surface area contributed by atoms with Crippen molar-refractivity contribution in [2.75, 3.05) is 35.1 Å². The molecule has 3 aromatic rings. The molecule has 0 aliphatic carbocycles. The first-order valence-electron chi connectivity index (χ1n) is 10.5. The van der Waals surface area contributed by atoms with Crippen molar-refractivity contribution < 1.29 is 13.2 Å². The SMILES string of the molecule is COc1ccc(S(=O)(=O)Nc2ccc(Nc3nc(C)cc(N4CCCC4)n3)cc2)cc1C. The Morgan fingerprint density at radius 3 is 2.28 bits per heavy atom. The molecule has 0 unspecified atom stereocenters. The lowest BCUT2D eigenvalue weighted by Crippen LogP contribution is -2.19. The summed E-state index contributed by atoms with van der Waals surface area (Å²) < 4.78 is 33.3. The number of hydrogen-bond donors (Lipinski definition) is 2. The number of methoxy groups -OCH3 is 1. The maximum absolute atomic E-state index is 12.7. The van der Waals surface area contributed by atoms with Gasteiger partial charge >= 0.3 is 0 Å². The van der Waals surface area contributed by atoms with Crippen LogP contribution in [0.15, 0.2) is 53.4 Å². The molecule has 2 N–H and O–H groups in total. The predicted molar refractivity (Wildman–Crippen MR) is 126 cm³/mol. The highest BCUT2D eigenvalue weighted by Crippen LogP contribution is 2.25. The van der Waals surface area contributed by atoms with E-state index in [2.05, 4.69) is 24.9 Å². The molecular formula is C23H27N5O3S. The van der Waals surface area contributed by atoms with Gasteiger partial charge in [0.25, 0.3) is 10.0 Å². The van der Waals surface area contributed by atoms with E-state index in [0.717, 1.165) is 35.9 Å². The second-order valence-corrected chi connectivity index (χ2v) is 9.51. The number of sulfonamides is 1. The Labute approximate surface area is 188 Å². The minimum Gasteiger partial charge on any atom is -0.496 e. The van der Waals surface area contributed by atoms with E-state index in [0.29, 0.717) is 17.4 Å². The van der Waals surface area contributed by atoms with Gasteiger partial charge in [0.1, 0.15) is 11.6 Å². The Kier molecular flexibility index (Phi) is 6.18. The molecule has 4 rings (SSSR count). The van der Waals surface area contributed by atoms with Crippen LogP contribution >= 0.6 is 0 Å². The molecule has 1 aromatic heterocycles. The predicted octanol–water partition coefficient (Wildman–Crippen LogP) is 4.25. The van der Waals surface area contributed by atoms with Crippen LogP contribution < -0.4 is 19.7 Å². The number of benzene rings is 2. The lowest BCUT2D eigenvalue weighted by atomic mass is 10.2. The summed E-state index contributed by atoms with van der Waals surface area (Å²) in [6.45, 7) is 5.78. The minimum absolute atomic E-state index is 0.181. The van der Waals surface area contributed by atoms with Crippen molar-refractivity contribution in [3.8, 4) is 5.75 Å². The number of hydrogen-bond acceptors (Lipinski definition) is 7. The Bertz CT molecular complexity index is 1210. The van der Waals surface area contributed by atoms with Gasteiger partial charge in [-0.2, -0.15) is 4.98 Å². The average Bonchev–Trinajstić information content (AvgIpc) is 3.29. The lowest BCUT2D eigenvalue weighted by Gasteiger charge is -2.17. The average molecular weight is 454 g/mol. The third kappa shape index (κ3) is 4.94. The maximum Gasteiger partial charge on any atom is 0.261 e. The van der Waals surface area contributed by atoms with E-state index < -0.39 is 10.0 Å². The van der Waals surface area contributed by atoms with Gasteiger partial charge in [0.2, 0.25) is 5.95 Å². The summed E-state index contributed by atoms with van der Waals surface area (Å²) in [4.78, 5) is 11.6. The maximum atomic E-state index is 12.7. The smallest absolute Gasteiger partial charge is 0.261 e. The summed E-state index contributed by atoms with van der Waals surface area (Å²) in [7, 11) is -2.15. The molecule has 0 spiro atoms. The highest BCUT2D eigenvalue weighted by Gasteiger charge is 2.17. The number of nitrogens with zero attached hydrogens (tertiary/aromatic N) is 3. The Morgan fingerprint density at radius 1 is 0.938 bits per heavy atom. The standard InChI is InChI=1S/C23H27N5O3S/c1-16-14-20(10-11-21(16)31-3)32(29,30)27-19-8-6-18(7-9-19)25-23-24-17(2)15-22(26-23)28-12-4-5-13-28/h6-11,14-15,27H,4-5,12-13H2,1-3H3,(H,24,25,26). The van der Waals surface area contributed by atoms with Crippen molar-refractivity contribution in [2.45, 2.75) is 31.6 Å². The normalized spacial score (nSPS) is 13.8. The molecule has 32 heavy (non-hydrogen) atoms. The Hall–Kier alpha value is -3.33. The summed E-state index contributed by atoms with van der Waals surface area (Å²) in [6, 6.07) is 13.7. The fraction of sp³-hybridized carbons (Fsp3) is 0.304. The largest absolute Gasteiger partial charge is 0.496 e. The first-order chi connectivity index (χ1) is 15.3. The molecule has 0 atom stereocenters. The van der Waals surface area contributed by atoms with Crippen LogP contribution in [-0.4, -0.2) is 38.6 Å². The van der Waals surface area contributed by atoms with Crippen LogP contribution in [0.25, 0.3) is 0 Å². The van der Waals surface area contributed by atoms with Gasteiger partial charge in [0.15, 0.2) is 0 Å². The molecule has 2 aromatic carbocycles. The topological polar surface area (TPSA) is 96.5 Å². The van der Waals surface area contributed by atoms with E-state index in [4.69, 9.17) is 4.74 Å². The Balaban J connectivity index is 1.47. The quantitative estimate of drug-likeness (QED) is 0.552. The molecule has 1 aliphatic heterocycles. The van der Waals surface area contributed by atoms with Crippen LogP contribution in [0.4, 0.5) is 23.1 Å². The van der Waals surface area contributed by atoms with Crippen LogP contribution in [0.3, 0.4) is 0 Å². The molecule has 168 valence electrons. The number of rotatable bonds is 7. The zero-order chi connectivity index (χ0) is 22.7. The van der Waals surface area contributed by atoms with Gasteiger partial charge < -0.3 is 15.0 Å². The van der Waals surface area contributed by atoms with Gasteiger partial charge in [-0.3, -0.25) is 4.72 Å². The van der Waals surface area contributed by atoms with Crippen molar-refractivity contribution in [1.29, 1.82) is 0 Å². The monoisotopic (exact) mass is 453 g/mol. The van der Waals surface area contributed by atoms with Crippen molar-refractivity contribution in [1.82, 2.24) is 9.97 Å². The van der Waals surface area contributed by atoms with E-state index in [1.54, 1.807) is 50.4 Å².